The van der Waals surface area contributed by atoms with E-state index in [0.29, 0.717) is 0 Å². The topological polar surface area (TPSA) is 258 Å². The number of carbonyl (C=O) groups is 3. The molecule has 0 aromatic rings. The van der Waals surface area contributed by atoms with Gasteiger partial charge in [-0.1, -0.05) is 0 Å². The van der Waals surface area contributed by atoms with Gasteiger partial charge in [-0.3, -0.25) is 9.59 Å². The van der Waals surface area contributed by atoms with Crippen molar-refractivity contribution in [3.63, 3.8) is 0 Å². The molecule has 0 aromatic carbocycles. The molecule has 0 bridgehead atoms. The van der Waals surface area contributed by atoms with E-state index in [2.05, 4.69) is 0 Å². The van der Waals surface area contributed by atoms with Gasteiger partial charge in [0, 0.05) is 35.6 Å². The third kappa shape index (κ3) is 13.5. The summed E-state index contributed by atoms with van der Waals surface area (Å²) < 4.78 is 0. The molecule has 0 aliphatic carbocycles. The van der Waals surface area contributed by atoms with Crippen LogP contribution in [0.15, 0.2) is 0 Å². The molecule has 12 heteroatoms. The SMILES string of the molecule is O.O.O.O.O=C(O)CC(O)(CC(=O)O)C(=O)O.[La]. The number of hydrogen-bond donors (Lipinski definition) is 4. The second-order valence-electron chi connectivity index (χ2n) is 2.48. The average molecular weight is 403 g/mol. The monoisotopic (exact) mass is 403 g/mol. The summed E-state index contributed by atoms with van der Waals surface area (Å²) in [6, 6.07) is 0. The van der Waals surface area contributed by atoms with Crippen LogP contribution in [0.2, 0.25) is 0 Å². The predicted molar refractivity (Wildman–Crippen MR) is 51.5 cm³/mol. The number of hydrogen-bond acceptors (Lipinski definition) is 4. The second kappa shape index (κ2) is 14.5. The maximum atomic E-state index is 10.3. The van der Waals surface area contributed by atoms with Crippen molar-refractivity contribution in [3.8, 4) is 0 Å². The quantitative estimate of drug-likeness (QED) is 0.349. The Labute approximate surface area is 128 Å². The predicted octanol–water partition coefficient (Wildman–Crippen LogP) is -4.55. The Hall–Kier alpha value is -0.595. The molecular weight excluding hydrogens is 387 g/mol. The molecule has 0 amide bonds. The molecule has 18 heavy (non-hydrogen) atoms. The van der Waals surface area contributed by atoms with Gasteiger partial charge in [0.1, 0.15) is 0 Å². The van der Waals surface area contributed by atoms with Gasteiger partial charge in [0.05, 0.1) is 12.8 Å². The maximum absolute atomic E-state index is 10.3. The summed E-state index contributed by atoms with van der Waals surface area (Å²) in [5.41, 5.74) is -2.74. The fraction of sp³-hybridized carbons (Fsp3) is 0.500. The normalized spacial score (nSPS) is 7.83. The van der Waals surface area contributed by atoms with Crippen molar-refractivity contribution in [2.75, 3.05) is 0 Å². The number of rotatable bonds is 5. The van der Waals surface area contributed by atoms with E-state index in [-0.39, 0.29) is 57.5 Å². The van der Waals surface area contributed by atoms with Crippen LogP contribution in [-0.2, 0) is 14.4 Å². The van der Waals surface area contributed by atoms with Gasteiger partial charge in [-0.15, -0.1) is 0 Å². The summed E-state index contributed by atoms with van der Waals surface area (Å²) in [7, 11) is 0. The Kier molecular flexibility index (Phi) is 28.9. The van der Waals surface area contributed by atoms with E-state index in [0.717, 1.165) is 0 Å². The van der Waals surface area contributed by atoms with Crippen LogP contribution in [0, 0.1) is 35.6 Å². The second-order valence-corrected chi connectivity index (χ2v) is 2.48. The molecule has 12 N–H and O–H groups in total. The Morgan fingerprint density at radius 2 is 1.00 bits per heavy atom. The molecule has 0 spiro atoms. The van der Waals surface area contributed by atoms with Crippen LogP contribution in [0.1, 0.15) is 12.8 Å². The fourth-order valence-electron chi connectivity index (χ4n) is 0.714. The number of carboxylic acid groups (broad SMARTS) is 3. The number of aliphatic hydroxyl groups is 1. The number of carboxylic acids is 3. The van der Waals surface area contributed by atoms with Gasteiger partial charge in [-0.05, 0) is 0 Å². The van der Waals surface area contributed by atoms with E-state index >= 15 is 0 Å². The Bertz CT molecular complexity index is 236. The van der Waals surface area contributed by atoms with Gasteiger partial charge in [-0.2, -0.15) is 0 Å². The van der Waals surface area contributed by atoms with E-state index in [4.69, 9.17) is 20.4 Å². The summed E-state index contributed by atoms with van der Waals surface area (Å²) in [6.07, 6.45) is -2.29. The van der Waals surface area contributed by atoms with Crippen molar-refractivity contribution >= 4 is 17.9 Å². The standard InChI is InChI=1S/C6H8O7.La.4H2O/c7-3(8)1-6(13,5(11)12)2-4(9)10;;;;;/h13H,1-2H2,(H,7,8)(H,9,10)(H,11,12);;4*1H2. The Balaban J connectivity index is -0.0000000720. The van der Waals surface area contributed by atoms with Gasteiger partial charge in [-0.25, -0.2) is 4.79 Å². The first-order valence-electron chi connectivity index (χ1n) is 3.17. The molecule has 109 valence electrons. The van der Waals surface area contributed by atoms with Crippen LogP contribution >= 0.6 is 0 Å². The van der Waals surface area contributed by atoms with E-state index in [1.165, 1.54) is 0 Å². The molecule has 0 heterocycles. The molecule has 0 rings (SSSR count). The molecule has 0 aliphatic rings. The fourth-order valence-corrected chi connectivity index (χ4v) is 0.714. The van der Waals surface area contributed by atoms with E-state index in [1.54, 1.807) is 0 Å². The van der Waals surface area contributed by atoms with Crippen LogP contribution in [0.4, 0.5) is 0 Å². The molecule has 0 aromatic heterocycles. The van der Waals surface area contributed by atoms with Gasteiger partial charge in [0.15, 0.2) is 5.60 Å². The van der Waals surface area contributed by atoms with E-state index in [9.17, 15) is 14.4 Å². The molecule has 1 radical (unpaired) electrons. The Morgan fingerprint density at radius 1 is 0.778 bits per heavy atom. The molecule has 0 saturated carbocycles. The third-order valence-electron chi connectivity index (χ3n) is 1.29. The van der Waals surface area contributed by atoms with Gasteiger partial charge < -0.3 is 42.3 Å². The van der Waals surface area contributed by atoms with Crippen molar-refractivity contribution in [1.82, 2.24) is 0 Å². The zero-order valence-electron chi connectivity index (χ0n) is 9.01. The molecule has 0 unspecified atom stereocenters. The first-order valence-corrected chi connectivity index (χ1v) is 3.17. The summed E-state index contributed by atoms with van der Waals surface area (Å²) in [4.78, 5) is 30.5. The smallest absolute Gasteiger partial charge is 0.336 e. The van der Waals surface area contributed by atoms with Crippen LogP contribution in [0.3, 0.4) is 0 Å². The summed E-state index contributed by atoms with van der Waals surface area (Å²) in [6.45, 7) is 0. The molecule has 11 nitrogen and oxygen atoms in total. The molecule has 0 atom stereocenters. The minimum absolute atomic E-state index is 0. The third-order valence-corrected chi connectivity index (χ3v) is 1.29. The minimum Gasteiger partial charge on any atom is -0.481 e. The van der Waals surface area contributed by atoms with Crippen molar-refractivity contribution in [1.29, 1.82) is 0 Å². The van der Waals surface area contributed by atoms with E-state index in [1.807, 2.05) is 0 Å². The number of aliphatic carboxylic acids is 3. The molecular formula is C6H16LaO11. The first-order chi connectivity index (χ1) is 5.78. The van der Waals surface area contributed by atoms with Gasteiger partial charge in [0.25, 0.3) is 0 Å². The molecule has 0 fully saturated rings. The van der Waals surface area contributed by atoms with E-state index < -0.39 is 36.4 Å². The summed E-state index contributed by atoms with van der Waals surface area (Å²) >= 11 is 0. The zero-order chi connectivity index (χ0) is 10.6. The summed E-state index contributed by atoms with van der Waals surface area (Å²) in [5.74, 6) is -5.02. The van der Waals surface area contributed by atoms with Gasteiger partial charge >= 0.3 is 17.9 Å². The summed E-state index contributed by atoms with van der Waals surface area (Å²) in [5, 5.41) is 33.8. The molecule has 0 aliphatic heterocycles. The maximum Gasteiger partial charge on any atom is 0.336 e. The molecule has 0 saturated heterocycles. The Morgan fingerprint density at radius 3 is 1.11 bits per heavy atom. The largest absolute Gasteiger partial charge is 0.481 e. The first kappa shape index (κ1) is 36.0. The van der Waals surface area contributed by atoms with Crippen LogP contribution in [0.25, 0.3) is 0 Å². The zero-order valence-corrected chi connectivity index (χ0v) is 12.6. The minimum atomic E-state index is -2.74. The van der Waals surface area contributed by atoms with Crippen molar-refractivity contribution in [3.05, 3.63) is 0 Å². The average Bonchev–Trinajstić information content (AvgIpc) is 1.82. The van der Waals surface area contributed by atoms with Crippen molar-refractivity contribution in [2.24, 2.45) is 0 Å². The van der Waals surface area contributed by atoms with Gasteiger partial charge in [0.2, 0.25) is 0 Å². The van der Waals surface area contributed by atoms with Crippen LogP contribution in [-0.4, -0.2) is 65.8 Å². The van der Waals surface area contributed by atoms with Crippen LogP contribution < -0.4 is 0 Å². The van der Waals surface area contributed by atoms with Crippen molar-refractivity contribution in [2.45, 2.75) is 18.4 Å². The van der Waals surface area contributed by atoms with Crippen LogP contribution in [0.5, 0.6) is 0 Å². The van der Waals surface area contributed by atoms with Crippen molar-refractivity contribution < 1.29 is 92.3 Å².